The average Bonchev–Trinajstić information content (AvgIpc) is 2.59. The smallest absolute Gasteiger partial charge is 0.0438 e. The first-order valence-corrected chi connectivity index (χ1v) is 6.93. The molecule has 1 unspecified atom stereocenters. The third kappa shape index (κ3) is 4.23. The molecule has 1 rings (SSSR count). The van der Waals surface area contributed by atoms with Gasteiger partial charge in [0.1, 0.15) is 0 Å². The number of hydrogen-bond donors (Lipinski definition) is 1. The van der Waals surface area contributed by atoms with Crippen LogP contribution in [0.5, 0.6) is 0 Å². The van der Waals surface area contributed by atoms with Gasteiger partial charge in [-0.1, -0.05) is 6.92 Å². The first-order chi connectivity index (χ1) is 7.15. The Hall–Kier alpha value is 0.100. The highest BCUT2D eigenvalue weighted by Crippen LogP contribution is 2.30. The van der Waals surface area contributed by atoms with Gasteiger partial charge in [0.05, 0.1) is 0 Å². The fourth-order valence-corrected chi connectivity index (χ4v) is 3.27. The standard InChI is InChI=1S/C11H19BrN2S/c1-4-13-10(5-7-14(2)3)11-9(12)6-8-15-11/h6,8,10,13H,4-5,7H2,1-3H3. The van der Waals surface area contributed by atoms with E-state index in [-0.39, 0.29) is 0 Å². The second-order valence-electron chi connectivity index (χ2n) is 3.84. The van der Waals surface area contributed by atoms with E-state index in [1.165, 1.54) is 9.35 Å². The Morgan fingerprint density at radius 2 is 2.27 bits per heavy atom. The molecular formula is C11H19BrN2S. The lowest BCUT2D eigenvalue weighted by Gasteiger charge is -2.19. The molecule has 0 fully saturated rings. The molecule has 1 N–H and O–H groups in total. The molecule has 0 amide bonds. The highest BCUT2D eigenvalue weighted by Gasteiger charge is 2.14. The van der Waals surface area contributed by atoms with Crippen LogP contribution in [0.15, 0.2) is 15.9 Å². The van der Waals surface area contributed by atoms with E-state index in [1.807, 2.05) is 11.3 Å². The maximum absolute atomic E-state index is 3.60. The number of halogens is 1. The van der Waals surface area contributed by atoms with Crippen molar-refractivity contribution in [1.29, 1.82) is 0 Å². The first kappa shape index (κ1) is 13.2. The van der Waals surface area contributed by atoms with Crippen LogP contribution < -0.4 is 5.32 Å². The zero-order chi connectivity index (χ0) is 11.3. The van der Waals surface area contributed by atoms with Crippen LogP contribution in [-0.4, -0.2) is 32.1 Å². The SMILES string of the molecule is CCNC(CCN(C)C)c1sccc1Br. The zero-order valence-corrected chi connectivity index (χ0v) is 12.0. The van der Waals surface area contributed by atoms with Crippen molar-refractivity contribution in [3.8, 4) is 0 Å². The van der Waals surface area contributed by atoms with Gasteiger partial charge in [0, 0.05) is 15.4 Å². The Bertz CT molecular complexity index is 286. The number of hydrogen-bond acceptors (Lipinski definition) is 3. The molecule has 0 aromatic carbocycles. The molecule has 1 aromatic heterocycles. The molecule has 0 aliphatic carbocycles. The average molecular weight is 291 g/mol. The largest absolute Gasteiger partial charge is 0.309 e. The summed E-state index contributed by atoms with van der Waals surface area (Å²) in [6, 6.07) is 2.60. The summed E-state index contributed by atoms with van der Waals surface area (Å²) in [5, 5.41) is 5.67. The van der Waals surface area contributed by atoms with Crippen LogP contribution in [-0.2, 0) is 0 Å². The van der Waals surface area contributed by atoms with Gasteiger partial charge in [0.2, 0.25) is 0 Å². The van der Waals surface area contributed by atoms with Gasteiger partial charge in [-0.3, -0.25) is 0 Å². The van der Waals surface area contributed by atoms with Crippen molar-refractivity contribution < 1.29 is 0 Å². The van der Waals surface area contributed by atoms with Crippen molar-refractivity contribution in [3.05, 3.63) is 20.8 Å². The molecule has 0 saturated heterocycles. The number of nitrogens with zero attached hydrogens (tertiary/aromatic N) is 1. The summed E-state index contributed by atoms with van der Waals surface area (Å²) in [5.41, 5.74) is 0. The maximum Gasteiger partial charge on any atom is 0.0438 e. The Morgan fingerprint density at radius 3 is 2.73 bits per heavy atom. The van der Waals surface area contributed by atoms with Gasteiger partial charge in [-0.2, -0.15) is 0 Å². The Morgan fingerprint density at radius 1 is 1.53 bits per heavy atom. The molecule has 1 aromatic rings. The van der Waals surface area contributed by atoms with Crippen LogP contribution in [0.4, 0.5) is 0 Å². The van der Waals surface area contributed by atoms with Crippen molar-refractivity contribution >= 4 is 27.3 Å². The van der Waals surface area contributed by atoms with E-state index in [0.717, 1.165) is 19.5 Å². The molecule has 1 heterocycles. The van der Waals surface area contributed by atoms with Crippen LogP contribution in [0, 0.1) is 0 Å². The van der Waals surface area contributed by atoms with Crippen LogP contribution in [0.1, 0.15) is 24.3 Å². The van der Waals surface area contributed by atoms with Gasteiger partial charge in [-0.25, -0.2) is 0 Å². The number of rotatable bonds is 6. The molecule has 2 nitrogen and oxygen atoms in total. The van der Waals surface area contributed by atoms with E-state index in [9.17, 15) is 0 Å². The topological polar surface area (TPSA) is 15.3 Å². The number of thiophene rings is 1. The van der Waals surface area contributed by atoms with Crippen molar-refractivity contribution in [2.24, 2.45) is 0 Å². The van der Waals surface area contributed by atoms with Crippen LogP contribution in [0.3, 0.4) is 0 Å². The molecule has 86 valence electrons. The predicted molar refractivity (Wildman–Crippen MR) is 71.6 cm³/mol. The highest BCUT2D eigenvalue weighted by atomic mass is 79.9. The molecule has 0 aliphatic rings. The summed E-state index contributed by atoms with van der Waals surface area (Å²) in [4.78, 5) is 3.64. The monoisotopic (exact) mass is 290 g/mol. The summed E-state index contributed by atoms with van der Waals surface area (Å²) in [5.74, 6) is 0. The third-order valence-electron chi connectivity index (χ3n) is 2.28. The lowest BCUT2D eigenvalue weighted by atomic mass is 10.1. The minimum Gasteiger partial charge on any atom is -0.309 e. The zero-order valence-electron chi connectivity index (χ0n) is 9.59. The molecule has 1 atom stereocenters. The van der Waals surface area contributed by atoms with E-state index in [4.69, 9.17) is 0 Å². The normalized spacial score (nSPS) is 13.4. The van der Waals surface area contributed by atoms with Gasteiger partial charge in [0.25, 0.3) is 0 Å². The Labute approximate surface area is 105 Å². The van der Waals surface area contributed by atoms with Crippen LogP contribution in [0.25, 0.3) is 0 Å². The molecule has 4 heteroatoms. The third-order valence-corrected chi connectivity index (χ3v) is 4.26. The van der Waals surface area contributed by atoms with Crippen molar-refractivity contribution in [1.82, 2.24) is 10.2 Å². The van der Waals surface area contributed by atoms with E-state index in [1.54, 1.807) is 0 Å². The van der Waals surface area contributed by atoms with Gasteiger partial charge < -0.3 is 10.2 Å². The minimum absolute atomic E-state index is 0.478. The molecular weight excluding hydrogens is 272 g/mol. The summed E-state index contributed by atoms with van der Waals surface area (Å²) in [7, 11) is 4.24. The van der Waals surface area contributed by atoms with E-state index >= 15 is 0 Å². The quantitative estimate of drug-likeness (QED) is 0.866. The predicted octanol–water partition coefficient (Wildman–Crippen LogP) is 3.11. The second-order valence-corrected chi connectivity index (χ2v) is 5.64. The van der Waals surface area contributed by atoms with Gasteiger partial charge in [-0.15, -0.1) is 11.3 Å². The van der Waals surface area contributed by atoms with Gasteiger partial charge in [-0.05, 0) is 61.0 Å². The first-order valence-electron chi connectivity index (χ1n) is 5.26. The minimum atomic E-state index is 0.478. The Kier molecular flexibility index (Phi) is 5.82. The number of nitrogens with one attached hydrogen (secondary N) is 1. The molecule has 0 saturated carbocycles. The lowest BCUT2D eigenvalue weighted by Crippen LogP contribution is -2.25. The maximum atomic E-state index is 3.60. The van der Waals surface area contributed by atoms with E-state index in [0.29, 0.717) is 6.04 Å². The van der Waals surface area contributed by atoms with Crippen molar-refractivity contribution in [2.45, 2.75) is 19.4 Å². The summed E-state index contributed by atoms with van der Waals surface area (Å²) >= 11 is 5.42. The van der Waals surface area contributed by atoms with Gasteiger partial charge >= 0.3 is 0 Å². The lowest BCUT2D eigenvalue weighted by molar-refractivity contribution is 0.365. The summed E-state index contributed by atoms with van der Waals surface area (Å²) < 4.78 is 1.23. The second kappa shape index (κ2) is 6.63. The fourth-order valence-electron chi connectivity index (χ4n) is 1.51. The van der Waals surface area contributed by atoms with Crippen LogP contribution in [0.2, 0.25) is 0 Å². The Balaban J connectivity index is 2.61. The molecule has 15 heavy (non-hydrogen) atoms. The summed E-state index contributed by atoms with van der Waals surface area (Å²) in [6.45, 7) is 4.29. The highest BCUT2D eigenvalue weighted by molar-refractivity contribution is 9.10. The van der Waals surface area contributed by atoms with Crippen LogP contribution >= 0.6 is 27.3 Å². The molecule has 0 aliphatic heterocycles. The van der Waals surface area contributed by atoms with Crippen molar-refractivity contribution in [2.75, 3.05) is 27.2 Å². The van der Waals surface area contributed by atoms with Gasteiger partial charge in [0.15, 0.2) is 0 Å². The van der Waals surface area contributed by atoms with E-state index < -0.39 is 0 Å². The summed E-state index contributed by atoms with van der Waals surface area (Å²) in [6.07, 6.45) is 1.15. The molecule has 0 radical (unpaired) electrons. The molecule has 0 spiro atoms. The van der Waals surface area contributed by atoms with Crippen molar-refractivity contribution in [3.63, 3.8) is 0 Å². The fraction of sp³-hybridized carbons (Fsp3) is 0.636. The molecule has 0 bridgehead atoms. The van der Waals surface area contributed by atoms with E-state index in [2.05, 4.69) is 58.6 Å².